The van der Waals surface area contributed by atoms with Crippen molar-refractivity contribution in [2.45, 2.75) is 145 Å². The number of aromatic nitrogens is 2. The fraction of sp³-hybridized carbons (Fsp3) is 0.600. The summed E-state index contributed by atoms with van der Waals surface area (Å²) in [6.45, 7) is 14.8. The van der Waals surface area contributed by atoms with Crippen molar-refractivity contribution >= 4 is 33.7 Å². The summed E-state index contributed by atoms with van der Waals surface area (Å²) < 4.78 is 4.02. The maximum atomic E-state index is 14.4. The van der Waals surface area contributed by atoms with Gasteiger partial charge >= 0.3 is 0 Å². The average Bonchev–Trinajstić information content (AvgIpc) is 3.67. The molecule has 0 aliphatic rings. The predicted octanol–water partition coefficient (Wildman–Crippen LogP) is 11.7. The van der Waals surface area contributed by atoms with Crippen LogP contribution in [0.5, 0.6) is 0 Å². The standard InChI is InChI=1S/C40H58N2O2S2/c1-7-9-11-13-15-17-19-41-35-25-34(38-24-32(28-46-38)22-30(5)6)40(44)42(20-18-16-14-12-10-8-2)36(35)26-33(39(41)43)37-23-31(27-45-37)21-29(3)4/h23-30H,7-22H2,1-6H3. The highest BCUT2D eigenvalue weighted by molar-refractivity contribution is 7.14. The van der Waals surface area contributed by atoms with Crippen molar-refractivity contribution < 1.29 is 0 Å². The van der Waals surface area contributed by atoms with Crippen LogP contribution in [0.2, 0.25) is 0 Å². The van der Waals surface area contributed by atoms with Gasteiger partial charge in [-0.15, -0.1) is 22.7 Å². The molecule has 0 bridgehead atoms. The highest BCUT2D eigenvalue weighted by atomic mass is 32.1. The van der Waals surface area contributed by atoms with Gasteiger partial charge in [0.25, 0.3) is 11.1 Å². The number of aryl methyl sites for hydroxylation is 2. The van der Waals surface area contributed by atoms with Crippen molar-refractivity contribution in [1.82, 2.24) is 9.13 Å². The van der Waals surface area contributed by atoms with E-state index < -0.39 is 0 Å². The van der Waals surface area contributed by atoms with Crippen molar-refractivity contribution in [3.8, 4) is 20.9 Å². The molecule has 4 nitrogen and oxygen atoms in total. The number of hydrogen-bond donors (Lipinski definition) is 0. The monoisotopic (exact) mass is 662 g/mol. The Bertz CT molecular complexity index is 1510. The van der Waals surface area contributed by atoms with Crippen LogP contribution in [0, 0.1) is 11.8 Å². The van der Waals surface area contributed by atoms with Gasteiger partial charge < -0.3 is 9.13 Å². The molecule has 0 aliphatic heterocycles. The summed E-state index contributed by atoms with van der Waals surface area (Å²) >= 11 is 3.32. The number of fused-ring (bicyclic) bond motifs is 1. The van der Waals surface area contributed by atoms with E-state index in [0.717, 1.165) is 70.4 Å². The molecule has 0 aromatic carbocycles. The van der Waals surface area contributed by atoms with E-state index in [-0.39, 0.29) is 11.1 Å². The maximum Gasteiger partial charge on any atom is 0.259 e. The molecule has 0 fully saturated rings. The first kappa shape index (κ1) is 36.4. The Labute approximate surface area is 285 Å². The average molecular weight is 663 g/mol. The molecule has 0 amide bonds. The topological polar surface area (TPSA) is 44.0 Å². The molecule has 0 atom stereocenters. The number of unbranched alkanes of at least 4 members (excludes halogenated alkanes) is 10. The van der Waals surface area contributed by atoms with Crippen LogP contribution in [0.4, 0.5) is 0 Å². The van der Waals surface area contributed by atoms with Crippen LogP contribution < -0.4 is 11.1 Å². The molecule has 4 aromatic heterocycles. The first-order valence-electron chi connectivity index (χ1n) is 18.2. The van der Waals surface area contributed by atoms with Crippen LogP contribution in [-0.2, 0) is 25.9 Å². The van der Waals surface area contributed by atoms with Gasteiger partial charge in [-0.3, -0.25) is 9.59 Å². The van der Waals surface area contributed by atoms with Gasteiger partial charge in [0.1, 0.15) is 0 Å². The first-order valence-corrected chi connectivity index (χ1v) is 20.0. The van der Waals surface area contributed by atoms with Gasteiger partial charge in [-0.05, 0) is 83.7 Å². The van der Waals surface area contributed by atoms with Crippen molar-refractivity contribution in [1.29, 1.82) is 0 Å². The highest BCUT2D eigenvalue weighted by Gasteiger charge is 2.20. The third kappa shape index (κ3) is 9.79. The van der Waals surface area contributed by atoms with Gasteiger partial charge in [-0.2, -0.15) is 0 Å². The van der Waals surface area contributed by atoms with Crippen LogP contribution in [-0.4, -0.2) is 9.13 Å². The lowest BCUT2D eigenvalue weighted by molar-refractivity contribution is 0.551. The first-order chi connectivity index (χ1) is 22.2. The van der Waals surface area contributed by atoms with Gasteiger partial charge in [-0.25, -0.2) is 0 Å². The summed E-state index contributed by atoms with van der Waals surface area (Å²) in [5.41, 5.74) is 5.98. The molecule has 0 saturated heterocycles. The number of hydrogen-bond acceptors (Lipinski definition) is 4. The number of rotatable bonds is 20. The molecule has 4 heterocycles. The van der Waals surface area contributed by atoms with Crippen LogP contribution in [0.1, 0.15) is 130 Å². The number of pyridine rings is 2. The Morgan fingerprint density at radius 1 is 0.543 bits per heavy atom. The van der Waals surface area contributed by atoms with Gasteiger partial charge in [0.15, 0.2) is 0 Å². The van der Waals surface area contributed by atoms with E-state index in [1.807, 2.05) is 21.3 Å². The lowest BCUT2D eigenvalue weighted by Gasteiger charge is -2.18. The maximum absolute atomic E-state index is 14.4. The van der Waals surface area contributed by atoms with E-state index in [0.29, 0.717) is 24.9 Å². The molecule has 0 radical (unpaired) electrons. The predicted molar refractivity (Wildman–Crippen MR) is 203 cm³/mol. The zero-order chi connectivity index (χ0) is 33.1. The summed E-state index contributed by atoms with van der Waals surface area (Å²) in [5.74, 6) is 1.12. The zero-order valence-electron chi connectivity index (χ0n) is 29.5. The number of nitrogens with zero attached hydrogens (tertiary/aromatic N) is 2. The molecule has 4 aromatic rings. The second kappa shape index (κ2) is 18.2. The molecular weight excluding hydrogens is 605 g/mol. The Hall–Kier alpha value is -2.44. The van der Waals surface area contributed by atoms with Gasteiger partial charge in [0.05, 0.1) is 22.2 Å². The molecule has 46 heavy (non-hydrogen) atoms. The van der Waals surface area contributed by atoms with Crippen molar-refractivity contribution in [3.05, 3.63) is 66.9 Å². The summed E-state index contributed by atoms with van der Waals surface area (Å²) in [6.07, 6.45) is 16.1. The fourth-order valence-electron chi connectivity index (χ4n) is 6.57. The summed E-state index contributed by atoms with van der Waals surface area (Å²) in [5, 5.41) is 4.41. The lowest BCUT2D eigenvalue weighted by Crippen LogP contribution is -2.28. The Balaban J connectivity index is 1.85. The quantitative estimate of drug-likeness (QED) is 0.0884. The third-order valence-corrected chi connectivity index (χ3v) is 11.0. The molecule has 4 rings (SSSR count). The highest BCUT2D eigenvalue weighted by Crippen LogP contribution is 2.32. The largest absolute Gasteiger partial charge is 0.306 e. The normalized spacial score (nSPS) is 11.9. The Morgan fingerprint density at radius 2 is 0.913 bits per heavy atom. The molecule has 0 N–H and O–H groups in total. The molecule has 252 valence electrons. The zero-order valence-corrected chi connectivity index (χ0v) is 31.1. The third-order valence-electron chi connectivity index (χ3n) is 8.95. The van der Waals surface area contributed by atoms with Crippen LogP contribution in [0.3, 0.4) is 0 Å². The fourth-order valence-corrected chi connectivity index (χ4v) is 8.45. The van der Waals surface area contributed by atoms with Crippen molar-refractivity contribution in [2.24, 2.45) is 11.8 Å². The smallest absolute Gasteiger partial charge is 0.259 e. The van der Waals surface area contributed by atoms with Crippen molar-refractivity contribution in [3.63, 3.8) is 0 Å². The van der Waals surface area contributed by atoms with E-state index in [2.05, 4.69) is 64.4 Å². The second-order valence-corrected chi connectivity index (χ2v) is 16.0. The minimum absolute atomic E-state index is 0.0707. The summed E-state index contributed by atoms with van der Waals surface area (Å²) in [7, 11) is 0. The minimum atomic E-state index is 0.0707. The van der Waals surface area contributed by atoms with E-state index in [1.54, 1.807) is 22.7 Å². The Kier molecular flexibility index (Phi) is 14.4. The van der Waals surface area contributed by atoms with E-state index in [1.165, 1.54) is 62.5 Å². The Morgan fingerprint density at radius 3 is 1.28 bits per heavy atom. The van der Waals surface area contributed by atoms with E-state index in [9.17, 15) is 9.59 Å². The van der Waals surface area contributed by atoms with E-state index >= 15 is 0 Å². The molecular formula is C40H58N2O2S2. The van der Waals surface area contributed by atoms with Gasteiger partial charge in [0.2, 0.25) is 0 Å². The molecule has 6 heteroatoms. The van der Waals surface area contributed by atoms with Gasteiger partial charge in [0, 0.05) is 22.8 Å². The van der Waals surface area contributed by atoms with Crippen LogP contribution in [0.15, 0.2) is 44.6 Å². The minimum Gasteiger partial charge on any atom is -0.306 e. The molecule has 0 saturated carbocycles. The van der Waals surface area contributed by atoms with E-state index in [4.69, 9.17) is 0 Å². The second-order valence-electron chi connectivity index (χ2n) is 14.2. The summed E-state index contributed by atoms with van der Waals surface area (Å²) in [4.78, 5) is 30.8. The summed E-state index contributed by atoms with van der Waals surface area (Å²) in [6, 6.07) is 8.49. The van der Waals surface area contributed by atoms with Gasteiger partial charge in [-0.1, -0.05) is 106 Å². The molecule has 0 unspecified atom stereocenters. The van der Waals surface area contributed by atoms with Crippen molar-refractivity contribution in [2.75, 3.05) is 0 Å². The number of thiophene rings is 2. The SMILES string of the molecule is CCCCCCCCn1c(=O)c(-c2cc(CC(C)C)cs2)cc2c1cc(-c1cc(CC(C)C)cs1)c(=O)n2CCCCCCCC. The van der Waals surface area contributed by atoms with Crippen LogP contribution in [0.25, 0.3) is 31.9 Å². The molecule has 0 aliphatic carbocycles. The lowest BCUT2D eigenvalue weighted by atomic mass is 10.0. The van der Waals surface area contributed by atoms with Crippen LogP contribution >= 0.6 is 22.7 Å². The molecule has 0 spiro atoms.